The Labute approximate surface area is 112 Å². The number of likely N-dealkylation sites (tertiary alicyclic amines) is 1. The smallest absolute Gasteiger partial charge is 0.0589 e. The monoisotopic (exact) mass is 252 g/mol. The van der Waals surface area contributed by atoms with Crippen LogP contribution in [0.2, 0.25) is 0 Å². The molecule has 104 valence electrons. The van der Waals surface area contributed by atoms with E-state index >= 15 is 0 Å². The molecular formula is C15H28N2O. The molecule has 0 saturated carbocycles. The number of allylic oxidation sites excluding steroid dienone is 2. The molecule has 0 aromatic heterocycles. The van der Waals surface area contributed by atoms with Crippen molar-refractivity contribution in [1.29, 1.82) is 0 Å². The summed E-state index contributed by atoms with van der Waals surface area (Å²) < 4.78 is 5.17. The second kappa shape index (κ2) is 7.93. The van der Waals surface area contributed by atoms with Crippen LogP contribution < -0.4 is 5.32 Å². The second-order valence-electron chi connectivity index (χ2n) is 5.69. The lowest BCUT2D eigenvalue weighted by molar-refractivity contribution is 0.121. The van der Waals surface area contributed by atoms with Gasteiger partial charge in [-0.2, -0.15) is 0 Å². The third-order valence-electron chi connectivity index (χ3n) is 4.19. The minimum Gasteiger partial charge on any atom is -0.383 e. The fraction of sp³-hybridized carbons (Fsp3) is 0.867. The van der Waals surface area contributed by atoms with Gasteiger partial charge in [0.1, 0.15) is 0 Å². The molecule has 1 fully saturated rings. The quantitative estimate of drug-likeness (QED) is 0.732. The fourth-order valence-corrected chi connectivity index (χ4v) is 3.02. The van der Waals surface area contributed by atoms with Gasteiger partial charge in [0.15, 0.2) is 0 Å². The predicted molar refractivity (Wildman–Crippen MR) is 75.8 cm³/mol. The van der Waals surface area contributed by atoms with Gasteiger partial charge in [-0.15, -0.1) is 0 Å². The maximum atomic E-state index is 5.17. The van der Waals surface area contributed by atoms with Crippen LogP contribution in [0.15, 0.2) is 12.2 Å². The molecule has 2 atom stereocenters. The average molecular weight is 252 g/mol. The zero-order valence-electron chi connectivity index (χ0n) is 11.7. The van der Waals surface area contributed by atoms with Gasteiger partial charge in [0.25, 0.3) is 0 Å². The molecule has 1 saturated heterocycles. The summed E-state index contributed by atoms with van der Waals surface area (Å²) in [6.07, 6.45) is 11.2. The van der Waals surface area contributed by atoms with E-state index in [-0.39, 0.29) is 0 Å². The van der Waals surface area contributed by atoms with Crippen LogP contribution in [0.3, 0.4) is 0 Å². The Kier molecular flexibility index (Phi) is 6.18. The molecule has 1 aliphatic carbocycles. The summed E-state index contributed by atoms with van der Waals surface area (Å²) in [5.74, 6) is 0.865. The van der Waals surface area contributed by atoms with Gasteiger partial charge in [0, 0.05) is 26.2 Å². The highest BCUT2D eigenvalue weighted by atomic mass is 16.5. The molecule has 0 radical (unpaired) electrons. The van der Waals surface area contributed by atoms with Gasteiger partial charge in [-0.25, -0.2) is 0 Å². The highest BCUT2D eigenvalue weighted by Crippen LogP contribution is 2.18. The van der Waals surface area contributed by atoms with Crippen molar-refractivity contribution >= 4 is 0 Å². The third-order valence-corrected chi connectivity index (χ3v) is 4.19. The molecule has 2 aliphatic rings. The molecule has 3 heteroatoms. The zero-order chi connectivity index (χ0) is 12.6. The van der Waals surface area contributed by atoms with Gasteiger partial charge in [-0.1, -0.05) is 12.2 Å². The molecule has 1 N–H and O–H groups in total. The molecule has 0 spiro atoms. The van der Waals surface area contributed by atoms with Crippen LogP contribution in [-0.2, 0) is 4.74 Å². The Morgan fingerprint density at radius 1 is 1.33 bits per heavy atom. The van der Waals surface area contributed by atoms with Crippen LogP contribution in [-0.4, -0.2) is 50.8 Å². The van der Waals surface area contributed by atoms with Gasteiger partial charge in [0.2, 0.25) is 0 Å². The molecule has 1 aliphatic heterocycles. The molecule has 18 heavy (non-hydrogen) atoms. The van der Waals surface area contributed by atoms with E-state index in [2.05, 4.69) is 22.4 Å². The van der Waals surface area contributed by atoms with Crippen molar-refractivity contribution in [3.63, 3.8) is 0 Å². The number of hydrogen-bond acceptors (Lipinski definition) is 3. The standard InChI is InChI=1S/C15H28N2O/c1-18-11-10-17-9-5-8-15(13-17)16-12-14-6-3-2-4-7-14/h2-3,14-16H,4-13H2,1H3/t14-,15-/m0/s1. The van der Waals surface area contributed by atoms with Crippen molar-refractivity contribution in [3.05, 3.63) is 12.2 Å². The summed E-state index contributed by atoms with van der Waals surface area (Å²) in [5, 5.41) is 3.78. The maximum Gasteiger partial charge on any atom is 0.0589 e. The Bertz CT molecular complexity index is 255. The molecule has 0 amide bonds. The lowest BCUT2D eigenvalue weighted by Crippen LogP contribution is -2.47. The number of methoxy groups -OCH3 is 1. The minimum atomic E-state index is 0.696. The first kappa shape index (κ1) is 14.0. The van der Waals surface area contributed by atoms with Crippen LogP contribution in [0.25, 0.3) is 0 Å². The van der Waals surface area contributed by atoms with E-state index in [1.807, 2.05) is 0 Å². The lowest BCUT2D eigenvalue weighted by Gasteiger charge is -2.34. The van der Waals surface area contributed by atoms with Crippen LogP contribution >= 0.6 is 0 Å². The zero-order valence-corrected chi connectivity index (χ0v) is 11.7. The Morgan fingerprint density at radius 3 is 3.06 bits per heavy atom. The Hall–Kier alpha value is -0.380. The normalized spacial score (nSPS) is 29.6. The van der Waals surface area contributed by atoms with E-state index < -0.39 is 0 Å². The summed E-state index contributed by atoms with van der Waals surface area (Å²) in [7, 11) is 1.79. The second-order valence-corrected chi connectivity index (χ2v) is 5.69. The Morgan fingerprint density at radius 2 is 2.28 bits per heavy atom. The third kappa shape index (κ3) is 4.71. The van der Waals surface area contributed by atoms with Crippen molar-refractivity contribution in [2.75, 3.05) is 39.9 Å². The first-order valence-electron chi connectivity index (χ1n) is 7.48. The van der Waals surface area contributed by atoms with Crippen molar-refractivity contribution in [2.45, 2.75) is 38.1 Å². The maximum absolute atomic E-state index is 5.17. The minimum absolute atomic E-state index is 0.696. The molecule has 0 unspecified atom stereocenters. The van der Waals surface area contributed by atoms with Gasteiger partial charge in [-0.3, -0.25) is 4.90 Å². The van der Waals surface area contributed by atoms with E-state index in [4.69, 9.17) is 4.74 Å². The van der Waals surface area contributed by atoms with E-state index in [9.17, 15) is 0 Å². The largest absolute Gasteiger partial charge is 0.383 e. The van der Waals surface area contributed by atoms with Gasteiger partial charge < -0.3 is 10.1 Å². The van der Waals surface area contributed by atoms with Gasteiger partial charge in [0.05, 0.1) is 6.61 Å². The SMILES string of the molecule is COCCN1CCC[C@H](NC[C@H]2CC=CCC2)C1. The predicted octanol–water partition coefficient (Wildman–Crippen LogP) is 2.04. The molecular weight excluding hydrogens is 224 g/mol. The van der Waals surface area contributed by atoms with Crippen LogP contribution in [0.4, 0.5) is 0 Å². The van der Waals surface area contributed by atoms with Crippen molar-refractivity contribution in [2.24, 2.45) is 5.92 Å². The summed E-state index contributed by atoms with van der Waals surface area (Å²) in [6, 6.07) is 0.696. The summed E-state index contributed by atoms with van der Waals surface area (Å²) >= 11 is 0. The van der Waals surface area contributed by atoms with E-state index in [1.165, 1.54) is 51.7 Å². The topological polar surface area (TPSA) is 24.5 Å². The fourth-order valence-electron chi connectivity index (χ4n) is 3.02. The number of rotatable bonds is 6. The molecule has 3 nitrogen and oxygen atoms in total. The first-order chi connectivity index (χ1) is 8.88. The first-order valence-corrected chi connectivity index (χ1v) is 7.48. The molecule has 0 aromatic rings. The summed E-state index contributed by atoms with van der Waals surface area (Å²) in [6.45, 7) is 5.59. The number of ether oxygens (including phenoxy) is 1. The number of hydrogen-bond donors (Lipinski definition) is 1. The van der Waals surface area contributed by atoms with Crippen LogP contribution in [0.5, 0.6) is 0 Å². The average Bonchev–Trinajstić information content (AvgIpc) is 2.44. The molecule has 2 rings (SSSR count). The van der Waals surface area contributed by atoms with Crippen molar-refractivity contribution < 1.29 is 4.74 Å². The summed E-state index contributed by atoms with van der Waals surface area (Å²) in [4.78, 5) is 2.53. The molecule has 0 aromatic carbocycles. The number of nitrogens with zero attached hydrogens (tertiary/aromatic N) is 1. The van der Waals surface area contributed by atoms with E-state index in [0.29, 0.717) is 6.04 Å². The van der Waals surface area contributed by atoms with Gasteiger partial charge >= 0.3 is 0 Å². The van der Waals surface area contributed by atoms with Crippen molar-refractivity contribution in [3.8, 4) is 0 Å². The van der Waals surface area contributed by atoms with E-state index in [0.717, 1.165) is 19.1 Å². The lowest BCUT2D eigenvalue weighted by atomic mass is 9.94. The van der Waals surface area contributed by atoms with E-state index in [1.54, 1.807) is 7.11 Å². The molecule has 0 bridgehead atoms. The Balaban J connectivity index is 1.64. The number of piperidine rings is 1. The highest BCUT2D eigenvalue weighted by molar-refractivity contribution is 4.91. The summed E-state index contributed by atoms with van der Waals surface area (Å²) in [5.41, 5.74) is 0. The highest BCUT2D eigenvalue weighted by Gasteiger charge is 2.20. The van der Waals surface area contributed by atoms with Gasteiger partial charge in [-0.05, 0) is 51.1 Å². The number of nitrogens with one attached hydrogen (secondary N) is 1. The van der Waals surface area contributed by atoms with Crippen molar-refractivity contribution in [1.82, 2.24) is 10.2 Å². The van der Waals surface area contributed by atoms with Crippen LogP contribution in [0, 0.1) is 5.92 Å². The van der Waals surface area contributed by atoms with Crippen LogP contribution in [0.1, 0.15) is 32.1 Å². The molecule has 1 heterocycles.